The summed E-state index contributed by atoms with van der Waals surface area (Å²) < 4.78 is 29.1. The maximum absolute atomic E-state index is 13.8. The second kappa shape index (κ2) is 10.4. The predicted octanol–water partition coefficient (Wildman–Crippen LogP) is 2.70. The molecule has 5 heterocycles. The van der Waals surface area contributed by atoms with Crippen molar-refractivity contribution in [3.8, 4) is 11.3 Å². The van der Waals surface area contributed by atoms with Gasteiger partial charge in [0.1, 0.15) is 5.69 Å². The number of alkyl halides is 2. The van der Waals surface area contributed by atoms with Gasteiger partial charge in [-0.2, -0.15) is 10.2 Å². The number of aromatic amines is 1. The van der Waals surface area contributed by atoms with Crippen LogP contribution in [-0.4, -0.2) is 98.6 Å². The summed E-state index contributed by atoms with van der Waals surface area (Å²) in [4.78, 5) is 24.2. The van der Waals surface area contributed by atoms with Crippen molar-refractivity contribution in [3.63, 3.8) is 0 Å². The lowest BCUT2D eigenvalue weighted by atomic mass is 9.97. The first-order valence-corrected chi connectivity index (χ1v) is 12.1. The van der Waals surface area contributed by atoms with Gasteiger partial charge in [0.25, 0.3) is 12.3 Å². The molecule has 2 aliphatic rings. The van der Waals surface area contributed by atoms with Gasteiger partial charge < -0.3 is 5.32 Å². The number of halogens is 2. The maximum atomic E-state index is 13.8. The SMILES string of the molecule is CN(C)CN1CCC(N2CC(n3cc(NC(=O)c4cccc(-c5cn[nH]c5)n4)c(C(F)F)n3)C2)CC1. The summed E-state index contributed by atoms with van der Waals surface area (Å²) in [6.45, 7) is 4.63. The quantitative estimate of drug-likeness (QED) is 0.492. The van der Waals surface area contributed by atoms with Crippen molar-refractivity contribution in [2.75, 3.05) is 52.3 Å². The van der Waals surface area contributed by atoms with E-state index in [2.05, 4.69) is 54.4 Å². The lowest BCUT2D eigenvalue weighted by Gasteiger charge is -2.47. The number of likely N-dealkylation sites (tertiary alicyclic amines) is 2. The molecule has 2 saturated heterocycles. The molecule has 0 saturated carbocycles. The average Bonchev–Trinajstić information content (AvgIpc) is 3.50. The van der Waals surface area contributed by atoms with E-state index in [9.17, 15) is 13.6 Å². The smallest absolute Gasteiger partial charge is 0.284 e. The van der Waals surface area contributed by atoms with E-state index < -0.39 is 18.0 Å². The Morgan fingerprint density at radius 1 is 1.22 bits per heavy atom. The Labute approximate surface area is 208 Å². The van der Waals surface area contributed by atoms with Crippen molar-refractivity contribution >= 4 is 11.6 Å². The zero-order chi connectivity index (χ0) is 25.2. The monoisotopic (exact) mass is 499 g/mol. The molecule has 0 spiro atoms. The van der Waals surface area contributed by atoms with Gasteiger partial charge in [-0.15, -0.1) is 0 Å². The number of nitrogens with one attached hydrogen (secondary N) is 2. The highest BCUT2D eigenvalue weighted by Crippen LogP contribution is 2.32. The molecule has 5 rings (SSSR count). The van der Waals surface area contributed by atoms with Crippen molar-refractivity contribution < 1.29 is 13.6 Å². The zero-order valence-corrected chi connectivity index (χ0v) is 20.4. The minimum absolute atomic E-state index is 0.00972. The summed E-state index contributed by atoms with van der Waals surface area (Å²) >= 11 is 0. The van der Waals surface area contributed by atoms with E-state index in [4.69, 9.17) is 0 Å². The minimum Gasteiger partial charge on any atom is -0.318 e. The van der Waals surface area contributed by atoms with Crippen molar-refractivity contribution in [2.24, 2.45) is 0 Å². The molecule has 0 unspecified atom stereocenters. The van der Waals surface area contributed by atoms with E-state index in [0.717, 1.165) is 51.3 Å². The molecule has 12 heteroatoms. The van der Waals surface area contributed by atoms with Crippen molar-refractivity contribution in [3.05, 3.63) is 48.2 Å². The largest absolute Gasteiger partial charge is 0.318 e. The van der Waals surface area contributed by atoms with Crippen LogP contribution in [0.25, 0.3) is 11.3 Å². The van der Waals surface area contributed by atoms with Gasteiger partial charge in [0.05, 0.1) is 30.3 Å². The molecule has 10 nitrogen and oxygen atoms in total. The van der Waals surface area contributed by atoms with E-state index in [1.165, 1.54) is 6.20 Å². The number of nitrogens with zero attached hydrogens (tertiary/aromatic N) is 7. The molecular formula is C24H31F2N9O. The van der Waals surface area contributed by atoms with Crippen LogP contribution in [0.4, 0.5) is 14.5 Å². The number of pyridine rings is 1. The number of hydrogen-bond donors (Lipinski definition) is 2. The van der Waals surface area contributed by atoms with Crippen LogP contribution < -0.4 is 5.32 Å². The first kappa shape index (κ1) is 24.5. The molecule has 2 aliphatic heterocycles. The molecule has 3 aromatic rings. The molecule has 36 heavy (non-hydrogen) atoms. The molecule has 0 aliphatic carbocycles. The van der Waals surface area contributed by atoms with Gasteiger partial charge in [-0.1, -0.05) is 6.07 Å². The van der Waals surface area contributed by atoms with E-state index in [1.807, 2.05) is 0 Å². The Morgan fingerprint density at radius 2 is 2.00 bits per heavy atom. The Balaban J connectivity index is 1.21. The number of H-pyrrole nitrogens is 1. The van der Waals surface area contributed by atoms with Crippen molar-refractivity contribution in [1.29, 1.82) is 0 Å². The summed E-state index contributed by atoms with van der Waals surface area (Å²) in [7, 11) is 4.16. The molecule has 0 bridgehead atoms. The highest BCUT2D eigenvalue weighted by atomic mass is 19.3. The number of hydrogen-bond acceptors (Lipinski definition) is 7. The van der Waals surface area contributed by atoms with Gasteiger partial charge >= 0.3 is 0 Å². The number of carbonyl (C=O) groups is 1. The van der Waals surface area contributed by atoms with Crippen LogP contribution in [0.2, 0.25) is 0 Å². The standard InChI is InChI=1S/C24H31F2N9O/c1-32(2)15-33-8-6-17(7-9-33)34-12-18(13-34)35-14-21(22(31-35)23(25)26)30-24(36)20-5-3-4-19(29-20)16-10-27-28-11-16/h3-5,10-11,14,17-18,23H,6-9,12-13,15H2,1-2H3,(H,27,28)(H,30,36). The summed E-state index contributed by atoms with van der Waals surface area (Å²) in [5.41, 5.74) is 0.995. The minimum atomic E-state index is -2.80. The van der Waals surface area contributed by atoms with Crippen molar-refractivity contribution in [1.82, 2.24) is 39.7 Å². The van der Waals surface area contributed by atoms with Gasteiger partial charge in [0.2, 0.25) is 0 Å². The number of piperidine rings is 1. The highest BCUT2D eigenvalue weighted by Gasteiger charge is 2.36. The normalized spacial score (nSPS) is 18.2. The van der Waals surface area contributed by atoms with Gasteiger partial charge in [0.15, 0.2) is 5.69 Å². The summed E-state index contributed by atoms with van der Waals surface area (Å²) in [5.74, 6) is -0.568. The lowest BCUT2D eigenvalue weighted by molar-refractivity contribution is 0.0128. The lowest BCUT2D eigenvalue weighted by Crippen LogP contribution is -2.56. The summed E-state index contributed by atoms with van der Waals surface area (Å²) in [6.07, 6.45) is 4.18. The summed E-state index contributed by atoms with van der Waals surface area (Å²) in [5, 5.41) is 13.3. The number of amides is 1. The number of aromatic nitrogens is 5. The number of carbonyl (C=O) groups excluding carboxylic acids is 1. The Morgan fingerprint density at radius 3 is 2.67 bits per heavy atom. The highest BCUT2D eigenvalue weighted by molar-refractivity contribution is 6.03. The number of rotatable bonds is 8. The van der Waals surface area contributed by atoms with Crippen LogP contribution in [0.3, 0.4) is 0 Å². The molecule has 192 valence electrons. The molecule has 0 atom stereocenters. The third kappa shape index (κ3) is 5.30. The average molecular weight is 500 g/mol. The first-order valence-electron chi connectivity index (χ1n) is 12.1. The molecule has 0 radical (unpaired) electrons. The van der Waals surface area contributed by atoms with Crippen LogP contribution in [-0.2, 0) is 0 Å². The van der Waals surface area contributed by atoms with Crippen LogP contribution in [0.1, 0.15) is 41.5 Å². The Hall–Kier alpha value is -3.22. The second-order valence-electron chi connectivity index (χ2n) is 9.74. The Bertz CT molecular complexity index is 1170. The van der Waals surface area contributed by atoms with E-state index >= 15 is 0 Å². The van der Waals surface area contributed by atoms with Gasteiger partial charge in [-0.3, -0.25) is 29.3 Å². The molecular weight excluding hydrogens is 468 g/mol. The van der Waals surface area contributed by atoms with Crippen LogP contribution in [0.15, 0.2) is 36.8 Å². The fraction of sp³-hybridized carbons (Fsp3) is 0.500. The molecule has 3 aromatic heterocycles. The number of anilines is 1. The predicted molar refractivity (Wildman–Crippen MR) is 131 cm³/mol. The maximum Gasteiger partial charge on any atom is 0.284 e. The fourth-order valence-corrected chi connectivity index (χ4v) is 4.93. The third-order valence-corrected chi connectivity index (χ3v) is 6.81. The molecule has 0 aromatic carbocycles. The molecule has 1 amide bonds. The molecule has 2 fully saturated rings. The van der Waals surface area contributed by atoms with Gasteiger partial charge in [-0.05, 0) is 39.1 Å². The van der Waals surface area contributed by atoms with Crippen LogP contribution in [0.5, 0.6) is 0 Å². The third-order valence-electron chi connectivity index (χ3n) is 6.81. The van der Waals surface area contributed by atoms with E-state index in [-0.39, 0.29) is 17.4 Å². The zero-order valence-electron chi connectivity index (χ0n) is 20.4. The van der Waals surface area contributed by atoms with Gasteiger partial charge in [0, 0.05) is 50.2 Å². The molecule has 2 N–H and O–H groups in total. The van der Waals surface area contributed by atoms with E-state index in [0.29, 0.717) is 11.7 Å². The topological polar surface area (TPSA) is 98.2 Å². The van der Waals surface area contributed by atoms with E-state index in [1.54, 1.807) is 35.3 Å². The second-order valence-corrected chi connectivity index (χ2v) is 9.74. The van der Waals surface area contributed by atoms with Crippen molar-refractivity contribution in [2.45, 2.75) is 31.4 Å². The van der Waals surface area contributed by atoms with Gasteiger partial charge in [-0.25, -0.2) is 13.8 Å². The fourth-order valence-electron chi connectivity index (χ4n) is 4.93. The van der Waals surface area contributed by atoms with Crippen LogP contribution >= 0.6 is 0 Å². The van der Waals surface area contributed by atoms with Crippen LogP contribution in [0, 0.1) is 0 Å². The Kier molecular flexibility index (Phi) is 7.08. The first-order chi connectivity index (χ1) is 17.4. The summed E-state index contributed by atoms with van der Waals surface area (Å²) in [6, 6.07) is 5.50.